The third-order valence-corrected chi connectivity index (χ3v) is 5.33. The fourth-order valence-electron chi connectivity index (χ4n) is 3.61. The first-order chi connectivity index (χ1) is 14.0. The maximum absolute atomic E-state index is 13.3. The summed E-state index contributed by atoms with van der Waals surface area (Å²) in [6, 6.07) is 13.9. The topological polar surface area (TPSA) is 77.3 Å². The molecule has 0 spiro atoms. The number of esters is 1. The van der Waals surface area contributed by atoms with Crippen LogP contribution in [0.15, 0.2) is 48.5 Å². The minimum Gasteiger partial charge on any atom is -0.467 e. The lowest BCUT2D eigenvalue weighted by Crippen LogP contribution is -2.44. The fraction of sp³-hybridized carbons (Fsp3) is 0.238. The number of ether oxygens (including phenoxy) is 1. The zero-order valence-electron chi connectivity index (χ0n) is 16.0. The summed E-state index contributed by atoms with van der Waals surface area (Å²) in [7, 11) is 1.32. The fourth-order valence-corrected chi connectivity index (χ4v) is 3.83. The molecule has 0 fully saturated rings. The van der Waals surface area contributed by atoms with Gasteiger partial charge in [-0.2, -0.15) is 0 Å². The minimum atomic E-state index is -0.829. The Kier molecular flexibility index (Phi) is 5.07. The Labute approximate surface area is 172 Å². The molecule has 0 saturated carbocycles. The second kappa shape index (κ2) is 7.67. The molecule has 2 heterocycles. The van der Waals surface area contributed by atoms with Crippen molar-refractivity contribution in [2.45, 2.75) is 19.4 Å². The van der Waals surface area contributed by atoms with Gasteiger partial charge in [-0.15, -0.1) is 5.10 Å². The predicted octanol–water partition coefficient (Wildman–Crippen LogP) is 3.14. The highest BCUT2D eigenvalue weighted by Gasteiger charge is 2.38. The third-order valence-electron chi connectivity index (χ3n) is 5.01. The number of carbonyl (C=O) groups excluding carboxylic acids is 2. The van der Waals surface area contributed by atoms with Crippen LogP contribution >= 0.6 is 11.6 Å². The van der Waals surface area contributed by atoms with Crippen LogP contribution in [0, 0.1) is 6.92 Å². The van der Waals surface area contributed by atoms with Gasteiger partial charge in [-0.3, -0.25) is 4.79 Å². The molecular formula is C21H19ClN4O3. The van der Waals surface area contributed by atoms with Crippen LogP contribution in [-0.4, -0.2) is 45.2 Å². The highest BCUT2D eigenvalue weighted by Crippen LogP contribution is 2.31. The quantitative estimate of drug-likeness (QED) is 0.620. The smallest absolute Gasteiger partial charge is 0.333 e. The molecule has 1 aliphatic heterocycles. The first-order valence-corrected chi connectivity index (χ1v) is 9.54. The van der Waals surface area contributed by atoms with Gasteiger partial charge in [-0.25, -0.2) is 14.5 Å². The van der Waals surface area contributed by atoms with Crippen LogP contribution in [0.4, 0.5) is 0 Å². The summed E-state index contributed by atoms with van der Waals surface area (Å²) in [5.41, 5.74) is 2.42. The molecule has 0 unspecified atom stereocenters. The number of halogens is 1. The summed E-state index contributed by atoms with van der Waals surface area (Å²) < 4.78 is 6.51. The summed E-state index contributed by atoms with van der Waals surface area (Å²) >= 11 is 6.26. The molecule has 1 atom stereocenters. The Hall–Kier alpha value is -3.19. The molecule has 0 radical (unpaired) electrons. The normalized spacial score (nSPS) is 15.7. The van der Waals surface area contributed by atoms with Gasteiger partial charge in [0.1, 0.15) is 5.82 Å². The molecule has 29 heavy (non-hydrogen) atoms. The molecular weight excluding hydrogens is 392 g/mol. The third kappa shape index (κ3) is 3.38. The largest absolute Gasteiger partial charge is 0.467 e. The van der Waals surface area contributed by atoms with Crippen molar-refractivity contribution in [3.63, 3.8) is 0 Å². The summed E-state index contributed by atoms with van der Waals surface area (Å²) in [4.78, 5) is 31.6. The average molecular weight is 411 g/mol. The highest BCUT2D eigenvalue weighted by molar-refractivity contribution is 6.32. The first kappa shape index (κ1) is 19.1. The van der Waals surface area contributed by atoms with Gasteiger partial charge in [0.05, 0.1) is 17.8 Å². The van der Waals surface area contributed by atoms with Gasteiger partial charge in [0.25, 0.3) is 5.91 Å². The molecule has 8 heteroatoms. The number of benzene rings is 2. The Morgan fingerprint density at radius 1 is 1.14 bits per heavy atom. The first-order valence-electron chi connectivity index (χ1n) is 9.16. The van der Waals surface area contributed by atoms with E-state index in [2.05, 4.69) is 10.1 Å². The van der Waals surface area contributed by atoms with Gasteiger partial charge < -0.3 is 9.64 Å². The number of fused-ring (bicyclic) bond motifs is 1. The zero-order valence-corrected chi connectivity index (χ0v) is 16.8. The lowest BCUT2D eigenvalue weighted by atomic mass is 9.92. The number of para-hydroxylation sites is 1. The maximum atomic E-state index is 13.3. The molecule has 0 bridgehead atoms. The second-order valence-electron chi connectivity index (χ2n) is 6.72. The number of hydrogen-bond acceptors (Lipinski definition) is 5. The van der Waals surface area contributed by atoms with E-state index < -0.39 is 17.9 Å². The van der Waals surface area contributed by atoms with Crippen molar-refractivity contribution in [3.05, 3.63) is 76.3 Å². The van der Waals surface area contributed by atoms with Crippen LogP contribution in [0.3, 0.4) is 0 Å². The van der Waals surface area contributed by atoms with Crippen molar-refractivity contribution in [3.8, 4) is 5.69 Å². The average Bonchev–Trinajstić information content (AvgIpc) is 3.13. The summed E-state index contributed by atoms with van der Waals surface area (Å²) in [6.07, 6.45) is 0.639. The molecule has 0 aliphatic carbocycles. The number of hydrogen-bond donors (Lipinski definition) is 0. The maximum Gasteiger partial charge on any atom is 0.333 e. The molecule has 7 nitrogen and oxygen atoms in total. The molecule has 148 valence electrons. The second-order valence-corrected chi connectivity index (χ2v) is 7.13. The molecule has 1 aliphatic rings. The number of carbonyl (C=O) groups is 2. The predicted molar refractivity (Wildman–Crippen MR) is 107 cm³/mol. The van der Waals surface area contributed by atoms with E-state index in [-0.39, 0.29) is 5.82 Å². The zero-order chi connectivity index (χ0) is 20.5. The number of methoxy groups -OCH3 is 1. The molecule has 0 N–H and O–H groups in total. The van der Waals surface area contributed by atoms with Gasteiger partial charge in [-0.05, 0) is 36.6 Å². The summed E-state index contributed by atoms with van der Waals surface area (Å²) in [6.45, 7) is 2.12. The van der Waals surface area contributed by atoms with Gasteiger partial charge in [0.15, 0.2) is 6.04 Å². The van der Waals surface area contributed by atoms with E-state index in [1.165, 1.54) is 16.7 Å². The van der Waals surface area contributed by atoms with Crippen molar-refractivity contribution in [2.24, 2.45) is 0 Å². The van der Waals surface area contributed by atoms with Crippen molar-refractivity contribution >= 4 is 23.5 Å². The van der Waals surface area contributed by atoms with Crippen molar-refractivity contribution < 1.29 is 14.3 Å². The molecule has 4 rings (SSSR count). The van der Waals surface area contributed by atoms with Gasteiger partial charge in [0.2, 0.25) is 5.82 Å². The van der Waals surface area contributed by atoms with E-state index in [0.29, 0.717) is 29.5 Å². The standard InChI is InChI=1S/C21H19ClN4O3/c1-13-23-19(24-26(13)17-10-6-5-9-16(17)22)20(27)25-12-11-14-7-3-4-8-15(14)18(25)21(28)29-2/h3-10,18H,11-12H2,1-2H3/t18-/m0/s1. The van der Waals surface area contributed by atoms with Crippen LogP contribution in [0.25, 0.3) is 5.69 Å². The molecule has 3 aromatic rings. The monoisotopic (exact) mass is 410 g/mol. The SMILES string of the molecule is COC(=O)[C@@H]1c2ccccc2CCN1C(=O)c1nc(C)n(-c2ccccc2Cl)n1. The number of aryl methyl sites for hydroxylation is 1. The Balaban J connectivity index is 1.72. The van der Waals surface area contributed by atoms with E-state index in [0.717, 1.165) is 11.1 Å². The summed E-state index contributed by atoms with van der Waals surface area (Å²) in [5.74, 6) is -0.388. The minimum absolute atomic E-state index is 0.00991. The number of rotatable bonds is 3. The van der Waals surface area contributed by atoms with Crippen LogP contribution in [-0.2, 0) is 16.0 Å². The lowest BCUT2D eigenvalue weighted by Gasteiger charge is -2.34. The number of amides is 1. The van der Waals surface area contributed by atoms with E-state index in [1.807, 2.05) is 36.4 Å². The molecule has 1 aromatic heterocycles. The van der Waals surface area contributed by atoms with Gasteiger partial charge in [-0.1, -0.05) is 48.0 Å². The lowest BCUT2D eigenvalue weighted by molar-refractivity contribution is -0.146. The van der Waals surface area contributed by atoms with E-state index in [1.54, 1.807) is 19.1 Å². The van der Waals surface area contributed by atoms with Crippen molar-refractivity contribution in [2.75, 3.05) is 13.7 Å². The number of aromatic nitrogens is 3. The van der Waals surface area contributed by atoms with E-state index >= 15 is 0 Å². The Bertz CT molecular complexity index is 1100. The van der Waals surface area contributed by atoms with Crippen LogP contribution in [0.2, 0.25) is 5.02 Å². The molecule has 0 saturated heterocycles. The van der Waals surface area contributed by atoms with E-state index in [9.17, 15) is 9.59 Å². The van der Waals surface area contributed by atoms with Crippen LogP contribution < -0.4 is 0 Å². The molecule has 2 aromatic carbocycles. The van der Waals surface area contributed by atoms with Crippen LogP contribution in [0.1, 0.15) is 33.6 Å². The van der Waals surface area contributed by atoms with Crippen molar-refractivity contribution in [1.29, 1.82) is 0 Å². The van der Waals surface area contributed by atoms with Crippen LogP contribution in [0.5, 0.6) is 0 Å². The molecule has 1 amide bonds. The Morgan fingerprint density at radius 3 is 2.62 bits per heavy atom. The number of nitrogens with zero attached hydrogens (tertiary/aromatic N) is 4. The van der Waals surface area contributed by atoms with Crippen molar-refractivity contribution in [1.82, 2.24) is 19.7 Å². The Morgan fingerprint density at radius 2 is 1.86 bits per heavy atom. The van der Waals surface area contributed by atoms with Gasteiger partial charge >= 0.3 is 5.97 Å². The van der Waals surface area contributed by atoms with E-state index in [4.69, 9.17) is 16.3 Å². The van der Waals surface area contributed by atoms with Gasteiger partial charge in [0, 0.05) is 6.54 Å². The highest BCUT2D eigenvalue weighted by atomic mass is 35.5. The summed E-state index contributed by atoms with van der Waals surface area (Å²) in [5, 5.41) is 4.87.